The van der Waals surface area contributed by atoms with E-state index >= 15 is 0 Å². The predicted octanol–water partition coefficient (Wildman–Crippen LogP) is 3.86. The lowest BCUT2D eigenvalue weighted by molar-refractivity contribution is 0.341. The third-order valence-corrected chi connectivity index (χ3v) is 7.86. The van der Waals surface area contributed by atoms with Crippen molar-refractivity contribution in [3.8, 4) is 5.75 Å². The van der Waals surface area contributed by atoms with Crippen LogP contribution in [0, 0.1) is 0 Å². The maximum atomic E-state index is 12.8. The molecule has 1 aromatic heterocycles. The number of piperazine rings is 1. The maximum Gasteiger partial charge on any atom is 0.243 e. The number of thiazole rings is 1. The Labute approximate surface area is 173 Å². The first kappa shape index (κ1) is 19.4. The van der Waals surface area contributed by atoms with Gasteiger partial charge in [-0.05, 0) is 49.4 Å². The molecule has 0 spiro atoms. The highest BCUT2D eigenvalue weighted by molar-refractivity contribution is 7.89. The van der Waals surface area contributed by atoms with E-state index in [1.807, 2.05) is 25.1 Å². The zero-order chi connectivity index (χ0) is 19.7. The maximum absolute atomic E-state index is 12.8. The molecule has 0 N–H and O–H groups in total. The van der Waals surface area contributed by atoms with Gasteiger partial charge in [0.05, 0.1) is 21.7 Å². The number of hydrogen-bond acceptors (Lipinski definition) is 6. The van der Waals surface area contributed by atoms with Crippen LogP contribution in [0.25, 0.3) is 10.2 Å². The van der Waals surface area contributed by atoms with E-state index in [1.165, 1.54) is 4.31 Å². The first-order valence-electron chi connectivity index (χ1n) is 9.01. The van der Waals surface area contributed by atoms with Crippen molar-refractivity contribution in [3.63, 3.8) is 0 Å². The Morgan fingerprint density at radius 1 is 1.11 bits per heavy atom. The number of halogens is 1. The lowest BCUT2D eigenvalue weighted by Crippen LogP contribution is -2.48. The summed E-state index contributed by atoms with van der Waals surface area (Å²) in [4.78, 5) is 7.11. The summed E-state index contributed by atoms with van der Waals surface area (Å²) in [6.45, 7) is 4.63. The van der Waals surface area contributed by atoms with Gasteiger partial charge in [0.2, 0.25) is 10.0 Å². The molecule has 0 aliphatic carbocycles. The highest BCUT2D eigenvalue weighted by atomic mass is 35.5. The first-order chi connectivity index (χ1) is 13.5. The average Bonchev–Trinajstić information content (AvgIpc) is 3.12. The van der Waals surface area contributed by atoms with Gasteiger partial charge in [-0.25, -0.2) is 13.4 Å². The van der Waals surface area contributed by atoms with Crippen LogP contribution in [-0.2, 0) is 10.0 Å². The molecule has 9 heteroatoms. The molecule has 2 heterocycles. The molecule has 1 aliphatic rings. The molecule has 3 aromatic rings. The summed E-state index contributed by atoms with van der Waals surface area (Å²) in [5.41, 5.74) is 0.930. The number of nitrogens with zero attached hydrogens (tertiary/aromatic N) is 3. The zero-order valence-electron chi connectivity index (χ0n) is 15.3. The summed E-state index contributed by atoms with van der Waals surface area (Å²) < 4.78 is 33.8. The second-order valence-corrected chi connectivity index (χ2v) is 9.79. The second kappa shape index (κ2) is 7.87. The van der Waals surface area contributed by atoms with E-state index in [1.54, 1.807) is 35.6 Å². The first-order valence-corrected chi connectivity index (χ1v) is 11.6. The van der Waals surface area contributed by atoms with Crippen molar-refractivity contribution in [2.75, 3.05) is 37.7 Å². The number of benzene rings is 2. The summed E-state index contributed by atoms with van der Waals surface area (Å²) in [7, 11) is -3.51. The van der Waals surface area contributed by atoms with Gasteiger partial charge in [-0.15, -0.1) is 0 Å². The molecule has 0 amide bonds. The van der Waals surface area contributed by atoms with E-state index < -0.39 is 10.0 Å². The Morgan fingerprint density at radius 3 is 2.50 bits per heavy atom. The van der Waals surface area contributed by atoms with E-state index in [-0.39, 0.29) is 4.90 Å². The minimum atomic E-state index is -3.51. The Kier molecular flexibility index (Phi) is 5.46. The Morgan fingerprint density at radius 2 is 1.82 bits per heavy atom. The van der Waals surface area contributed by atoms with E-state index in [9.17, 15) is 8.42 Å². The van der Waals surface area contributed by atoms with Crippen molar-refractivity contribution in [1.29, 1.82) is 0 Å². The van der Waals surface area contributed by atoms with Crippen LogP contribution >= 0.6 is 22.9 Å². The van der Waals surface area contributed by atoms with Crippen LogP contribution in [0.5, 0.6) is 5.75 Å². The third-order valence-electron chi connectivity index (χ3n) is 4.62. The molecule has 0 bridgehead atoms. The molecule has 1 saturated heterocycles. The zero-order valence-corrected chi connectivity index (χ0v) is 17.7. The molecule has 28 heavy (non-hydrogen) atoms. The van der Waals surface area contributed by atoms with Gasteiger partial charge in [0, 0.05) is 31.2 Å². The van der Waals surface area contributed by atoms with Crippen LogP contribution in [0.1, 0.15) is 6.92 Å². The number of fused-ring (bicyclic) bond motifs is 1. The minimum Gasteiger partial charge on any atom is -0.494 e. The highest BCUT2D eigenvalue weighted by Crippen LogP contribution is 2.32. The molecule has 1 fully saturated rings. The second-order valence-electron chi connectivity index (χ2n) is 6.40. The quantitative estimate of drug-likeness (QED) is 0.606. The fourth-order valence-corrected chi connectivity index (χ4v) is 5.75. The van der Waals surface area contributed by atoms with Crippen molar-refractivity contribution in [2.24, 2.45) is 0 Å². The summed E-state index contributed by atoms with van der Waals surface area (Å²) in [6, 6.07) is 12.2. The van der Waals surface area contributed by atoms with Crippen LogP contribution < -0.4 is 9.64 Å². The van der Waals surface area contributed by atoms with E-state index in [0.717, 1.165) is 21.1 Å². The normalized spacial score (nSPS) is 15.9. The molecule has 0 unspecified atom stereocenters. The smallest absolute Gasteiger partial charge is 0.243 e. The van der Waals surface area contributed by atoms with E-state index in [2.05, 4.69) is 4.90 Å². The van der Waals surface area contributed by atoms with Crippen LogP contribution in [0.3, 0.4) is 0 Å². The number of anilines is 1. The molecular formula is C19H20ClN3O3S2. The van der Waals surface area contributed by atoms with Gasteiger partial charge >= 0.3 is 0 Å². The van der Waals surface area contributed by atoms with Crippen molar-refractivity contribution in [1.82, 2.24) is 9.29 Å². The minimum absolute atomic E-state index is 0.272. The number of ether oxygens (including phenoxy) is 1. The van der Waals surface area contributed by atoms with Crippen LogP contribution in [0.2, 0.25) is 5.02 Å². The van der Waals surface area contributed by atoms with Gasteiger partial charge in [-0.2, -0.15) is 4.31 Å². The van der Waals surface area contributed by atoms with Crippen molar-refractivity contribution >= 4 is 48.3 Å². The van der Waals surface area contributed by atoms with Gasteiger partial charge in [0.15, 0.2) is 5.13 Å². The van der Waals surface area contributed by atoms with Gasteiger partial charge < -0.3 is 9.64 Å². The highest BCUT2D eigenvalue weighted by Gasteiger charge is 2.29. The monoisotopic (exact) mass is 437 g/mol. The molecule has 2 aromatic carbocycles. The summed E-state index contributed by atoms with van der Waals surface area (Å²) in [5.74, 6) is 0.837. The molecule has 0 radical (unpaired) electrons. The molecule has 4 rings (SSSR count). The van der Waals surface area contributed by atoms with Crippen LogP contribution in [0.15, 0.2) is 47.4 Å². The summed E-state index contributed by atoms with van der Waals surface area (Å²) in [5, 5.41) is 1.43. The van der Waals surface area contributed by atoms with Gasteiger partial charge in [0.25, 0.3) is 0 Å². The summed E-state index contributed by atoms with van der Waals surface area (Å²) >= 11 is 7.47. The van der Waals surface area contributed by atoms with Crippen LogP contribution in [0.4, 0.5) is 5.13 Å². The fourth-order valence-electron chi connectivity index (χ4n) is 3.16. The van der Waals surface area contributed by atoms with Crippen molar-refractivity contribution in [3.05, 3.63) is 47.5 Å². The Bertz CT molecular complexity index is 1080. The lowest BCUT2D eigenvalue weighted by atomic mass is 10.3. The lowest BCUT2D eigenvalue weighted by Gasteiger charge is -2.33. The number of sulfonamides is 1. The standard InChI is InChI=1S/C19H20ClN3O3S2/c1-2-26-15-5-8-17-18(13-15)27-19(21-17)22-9-11-23(12-10-22)28(24,25)16-6-3-14(20)4-7-16/h3-8,13H,2,9-12H2,1H3. The number of aromatic nitrogens is 1. The van der Waals surface area contributed by atoms with Gasteiger partial charge in [-0.1, -0.05) is 22.9 Å². The molecule has 0 saturated carbocycles. The summed E-state index contributed by atoms with van der Waals surface area (Å²) in [6.07, 6.45) is 0. The third kappa shape index (κ3) is 3.82. The van der Waals surface area contributed by atoms with Crippen molar-refractivity contribution < 1.29 is 13.2 Å². The van der Waals surface area contributed by atoms with Crippen molar-refractivity contribution in [2.45, 2.75) is 11.8 Å². The number of hydrogen-bond donors (Lipinski definition) is 0. The van der Waals surface area contributed by atoms with E-state index in [0.29, 0.717) is 37.8 Å². The van der Waals surface area contributed by atoms with Gasteiger partial charge in [0.1, 0.15) is 5.75 Å². The topological polar surface area (TPSA) is 62.7 Å². The SMILES string of the molecule is CCOc1ccc2nc(N3CCN(S(=O)(=O)c4ccc(Cl)cc4)CC3)sc2c1. The fraction of sp³-hybridized carbons (Fsp3) is 0.316. The molecule has 6 nitrogen and oxygen atoms in total. The van der Waals surface area contributed by atoms with Crippen LogP contribution in [-0.4, -0.2) is 50.5 Å². The van der Waals surface area contributed by atoms with Gasteiger partial charge in [-0.3, -0.25) is 0 Å². The predicted molar refractivity (Wildman–Crippen MR) is 113 cm³/mol. The molecule has 1 aliphatic heterocycles. The van der Waals surface area contributed by atoms with E-state index in [4.69, 9.17) is 21.3 Å². The average molecular weight is 438 g/mol. The number of rotatable bonds is 5. The Hall–Kier alpha value is -1.87. The molecular weight excluding hydrogens is 418 g/mol. The molecule has 148 valence electrons. The molecule has 0 atom stereocenters. The Balaban J connectivity index is 1.48. The largest absolute Gasteiger partial charge is 0.494 e.